The van der Waals surface area contributed by atoms with Crippen molar-refractivity contribution >= 4 is 33.8 Å². The smallest absolute Gasteiger partial charge is 0.256 e. The number of aromatic nitrogens is 1. The lowest BCUT2D eigenvalue weighted by Crippen LogP contribution is -2.17. The van der Waals surface area contributed by atoms with Crippen LogP contribution in [0.3, 0.4) is 0 Å². The van der Waals surface area contributed by atoms with E-state index < -0.39 is 0 Å². The molecule has 1 amide bonds. The van der Waals surface area contributed by atoms with Crippen LogP contribution in [0.15, 0.2) is 45.9 Å². The van der Waals surface area contributed by atoms with Crippen LogP contribution < -0.4 is 10.9 Å². The zero-order valence-corrected chi connectivity index (χ0v) is 14.1. The molecule has 23 heavy (non-hydrogen) atoms. The Kier molecular flexibility index (Phi) is 3.82. The molecule has 0 aliphatic carbocycles. The normalized spacial score (nSPS) is 11.6. The Bertz CT molecular complexity index is 918. The number of nitrogens with one attached hydrogen (secondary N) is 2. The fraction of sp³-hybridized carbons (Fsp3) is 0.222. The van der Waals surface area contributed by atoms with Gasteiger partial charge < -0.3 is 10.3 Å². The Morgan fingerprint density at radius 2 is 1.96 bits per heavy atom. The fourth-order valence-electron chi connectivity index (χ4n) is 2.56. The molecule has 3 rings (SSSR count). The minimum absolute atomic E-state index is 0.131. The summed E-state index contributed by atoms with van der Waals surface area (Å²) in [4.78, 5) is 26.9. The van der Waals surface area contributed by atoms with Gasteiger partial charge in [0, 0.05) is 22.5 Å². The zero-order valence-electron chi connectivity index (χ0n) is 13.3. The summed E-state index contributed by atoms with van der Waals surface area (Å²) in [6.45, 7) is 6.23. The van der Waals surface area contributed by atoms with Gasteiger partial charge in [-0.25, -0.2) is 0 Å². The lowest BCUT2D eigenvalue weighted by Gasteiger charge is -2.21. The third-order valence-corrected chi connectivity index (χ3v) is 4.38. The van der Waals surface area contributed by atoms with Crippen LogP contribution >= 0.6 is 11.3 Å². The number of carbonyl (C=O) groups is 1. The van der Waals surface area contributed by atoms with E-state index in [1.165, 1.54) is 11.3 Å². The van der Waals surface area contributed by atoms with E-state index in [4.69, 9.17) is 0 Å². The number of benzene rings is 1. The van der Waals surface area contributed by atoms with E-state index in [-0.39, 0.29) is 16.9 Å². The second-order valence-electron chi connectivity index (χ2n) is 6.52. The van der Waals surface area contributed by atoms with Crippen molar-refractivity contribution in [1.82, 2.24) is 4.98 Å². The van der Waals surface area contributed by atoms with Crippen LogP contribution in [0, 0.1) is 0 Å². The van der Waals surface area contributed by atoms with Gasteiger partial charge in [0.1, 0.15) is 0 Å². The van der Waals surface area contributed by atoms with Crippen molar-refractivity contribution in [1.29, 1.82) is 0 Å². The number of carbonyl (C=O) groups excluding carboxylic acids is 1. The summed E-state index contributed by atoms with van der Waals surface area (Å²) in [6.07, 6.45) is 0. The Balaban J connectivity index is 2.03. The molecule has 118 valence electrons. The van der Waals surface area contributed by atoms with Crippen molar-refractivity contribution < 1.29 is 4.79 Å². The number of H-pyrrole nitrogens is 1. The number of amides is 1. The van der Waals surface area contributed by atoms with Gasteiger partial charge in [-0.3, -0.25) is 9.59 Å². The van der Waals surface area contributed by atoms with Crippen LogP contribution in [0.5, 0.6) is 0 Å². The van der Waals surface area contributed by atoms with Crippen LogP contribution in [0.4, 0.5) is 5.69 Å². The molecule has 0 spiro atoms. The maximum absolute atomic E-state index is 12.1. The molecular weight excluding hydrogens is 308 g/mol. The van der Waals surface area contributed by atoms with E-state index >= 15 is 0 Å². The van der Waals surface area contributed by atoms with Crippen molar-refractivity contribution in [3.63, 3.8) is 0 Å². The Hall–Kier alpha value is -2.40. The Morgan fingerprint density at radius 1 is 1.17 bits per heavy atom. The number of fused-ring (bicyclic) bond motifs is 1. The van der Waals surface area contributed by atoms with E-state index in [1.54, 1.807) is 23.6 Å². The maximum Gasteiger partial charge on any atom is 0.256 e. The van der Waals surface area contributed by atoms with Crippen LogP contribution in [0.25, 0.3) is 10.9 Å². The van der Waals surface area contributed by atoms with Crippen molar-refractivity contribution in [3.8, 4) is 0 Å². The Morgan fingerprint density at radius 3 is 2.61 bits per heavy atom. The highest BCUT2D eigenvalue weighted by Gasteiger charge is 2.18. The summed E-state index contributed by atoms with van der Waals surface area (Å²) in [5.74, 6) is -0.153. The fourth-order valence-corrected chi connectivity index (χ4v) is 3.19. The minimum atomic E-state index is -0.153. The number of hydrogen-bond donors (Lipinski definition) is 2. The molecule has 0 aliphatic heterocycles. The lowest BCUT2D eigenvalue weighted by molar-refractivity contribution is 0.102. The van der Waals surface area contributed by atoms with Crippen molar-refractivity contribution in [2.45, 2.75) is 26.2 Å². The Labute approximate surface area is 138 Å². The van der Waals surface area contributed by atoms with Gasteiger partial charge in [-0.15, -0.1) is 0 Å². The molecule has 4 nitrogen and oxygen atoms in total. The summed E-state index contributed by atoms with van der Waals surface area (Å²) in [5, 5.41) is 7.52. The first kappa shape index (κ1) is 15.5. The summed E-state index contributed by atoms with van der Waals surface area (Å²) in [6, 6.07) is 9.03. The van der Waals surface area contributed by atoms with E-state index in [2.05, 4.69) is 31.1 Å². The summed E-state index contributed by atoms with van der Waals surface area (Å²) >= 11 is 1.48. The molecule has 0 aliphatic rings. The van der Waals surface area contributed by atoms with Crippen molar-refractivity contribution in [2.24, 2.45) is 0 Å². The highest BCUT2D eigenvalue weighted by Crippen LogP contribution is 2.29. The number of rotatable bonds is 2. The van der Waals surface area contributed by atoms with Gasteiger partial charge in [-0.05, 0) is 34.6 Å². The van der Waals surface area contributed by atoms with Gasteiger partial charge in [0.2, 0.25) is 5.56 Å². The molecule has 0 radical (unpaired) electrons. The molecule has 2 N–H and O–H groups in total. The lowest BCUT2D eigenvalue weighted by atomic mass is 9.85. The number of pyridine rings is 1. The van der Waals surface area contributed by atoms with Crippen LogP contribution in [-0.2, 0) is 5.41 Å². The predicted octanol–water partition coefficient (Wildman–Crippen LogP) is 4.14. The van der Waals surface area contributed by atoms with E-state index in [0.29, 0.717) is 11.3 Å². The highest BCUT2D eigenvalue weighted by molar-refractivity contribution is 7.08. The summed E-state index contributed by atoms with van der Waals surface area (Å²) in [7, 11) is 0. The zero-order chi connectivity index (χ0) is 16.6. The molecule has 0 fully saturated rings. The van der Waals surface area contributed by atoms with Crippen LogP contribution in [0.1, 0.15) is 36.7 Å². The number of hydrogen-bond acceptors (Lipinski definition) is 3. The highest BCUT2D eigenvalue weighted by atomic mass is 32.1. The standard InChI is InChI=1S/C18H18N2O2S/c1-18(2,3)14-9-16(21)20-15-8-12(4-5-13(14)15)19-17(22)11-6-7-23-10-11/h4-10H,1-3H3,(H,19,22)(H,20,21). The topological polar surface area (TPSA) is 62.0 Å². The van der Waals surface area contributed by atoms with Gasteiger partial charge in [0.25, 0.3) is 5.91 Å². The molecule has 0 saturated heterocycles. The maximum atomic E-state index is 12.1. The number of aromatic amines is 1. The quantitative estimate of drug-likeness (QED) is 0.743. The van der Waals surface area contributed by atoms with Crippen molar-refractivity contribution in [3.05, 3.63) is 62.6 Å². The monoisotopic (exact) mass is 326 g/mol. The van der Waals surface area contributed by atoms with E-state index in [0.717, 1.165) is 16.5 Å². The first-order valence-electron chi connectivity index (χ1n) is 7.36. The predicted molar refractivity (Wildman–Crippen MR) is 95.5 cm³/mol. The second kappa shape index (κ2) is 5.66. The molecule has 2 heterocycles. The average molecular weight is 326 g/mol. The van der Waals surface area contributed by atoms with Gasteiger partial charge >= 0.3 is 0 Å². The average Bonchev–Trinajstić information content (AvgIpc) is 2.99. The van der Waals surface area contributed by atoms with Gasteiger partial charge in [0.15, 0.2) is 0 Å². The third-order valence-electron chi connectivity index (χ3n) is 3.69. The SMILES string of the molecule is CC(C)(C)c1cc(=O)[nH]c2cc(NC(=O)c3ccsc3)ccc12. The van der Waals surface area contributed by atoms with Gasteiger partial charge in [-0.1, -0.05) is 26.8 Å². The van der Waals surface area contributed by atoms with E-state index in [1.807, 2.05) is 17.5 Å². The molecule has 5 heteroatoms. The van der Waals surface area contributed by atoms with Crippen LogP contribution in [0.2, 0.25) is 0 Å². The minimum Gasteiger partial charge on any atom is -0.322 e. The van der Waals surface area contributed by atoms with Gasteiger partial charge in [0.05, 0.1) is 11.1 Å². The third kappa shape index (κ3) is 3.19. The molecule has 0 bridgehead atoms. The second-order valence-corrected chi connectivity index (χ2v) is 7.30. The molecule has 0 saturated carbocycles. The molecule has 3 aromatic rings. The van der Waals surface area contributed by atoms with E-state index in [9.17, 15) is 9.59 Å². The largest absolute Gasteiger partial charge is 0.322 e. The summed E-state index contributed by atoms with van der Waals surface area (Å²) < 4.78 is 0. The molecule has 0 unspecified atom stereocenters. The molecule has 1 aromatic carbocycles. The summed E-state index contributed by atoms with van der Waals surface area (Å²) in [5.41, 5.74) is 2.75. The molecular formula is C18H18N2O2S. The van der Waals surface area contributed by atoms with Crippen molar-refractivity contribution in [2.75, 3.05) is 5.32 Å². The first-order valence-corrected chi connectivity index (χ1v) is 8.30. The molecule has 2 aromatic heterocycles. The van der Waals surface area contributed by atoms with Crippen LogP contribution in [-0.4, -0.2) is 10.9 Å². The number of thiophene rings is 1. The number of anilines is 1. The first-order chi connectivity index (χ1) is 10.8. The molecule has 0 atom stereocenters. The van der Waals surface area contributed by atoms with Gasteiger partial charge in [-0.2, -0.15) is 11.3 Å².